The summed E-state index contributed by atoms with van der Waals surface area (Å²) in [5, 5.41) is 3.56. The van der Waals surface area contributed by atoms with E-state index in [-0.39, 0.29) is 11.9 Å². The van der Waals surface area contributed by atoms with Crippen molar-refractivity contribution in [3.05, 3.63) is 29.8 Å². The first-order valence-corrected chi connectivity index (χ1v) is 8.94. The van der Waals surface area contributed by atoms with Crippen molar-refractivity contribution in [1.29, 1.82) is 0 Å². The van der Waals surface area contributed by atoms with Crippen molar-refractivity contribution >= 4 is 11.6 Å². The lowest BCUT2D eigenvalue weighted by atomic mass is 10.0. The minimum atomic E-state index is 0.237. The van der Waals surface area contributed by atoms with Crippen molar-refractivity contribution in [3.63, 3.8) is 0 Å². The maximum Gasteiger partial charge on any atom is 0.249 e. The lowest BCUT2D eigenvalue weighted by Crippen LogP contribution is -2.45. The van der Waals surface area contributed by atoms with Crippen molar-refractivity contribution in [3.8, 4) is 11.5 Å². The number of hydrogen-bond acceptors (Lipinski definition) is 4. The Morgan fingerprint density at radius 2 is 2.04 bits per heavy atom. The quantitative estimate of drug-likeness (QED) is 0.927. The maximum absolute atomic E-state index is 12.6. The Morgan fingerprint density at radius 3 is 2.88 bits per heavy atom. The summed E-state index contributed by atoms with van der Waals surface area (Å²) in [5.41, 5.74) is 2.04. The molecule has 4 rings (SSSR count). The molecule has 1 atom stereocenters. The number of anilines is 1. The molecule has 0 radical (unpaired) electrons. The van der Waals surface area contributed by atoms with Gasteiger partial charge in [-0.3, -0.25) is 4.79 Å². The molecule has 1 saturated heterocycles. The molecule has 0 saturated carbocycles. The highest BCUT2D eigenvalue weighted by Gasteiger charge is 2.26. The second kappa shape index (κ2) is 6.75. The first-order valence-electron chi connectivity index (χ1n) is 8.94. The average molecular weight is 328 g/mol. The molecule has 1 fully saturated rings. The number of nitrogens with zero attached hydrogens (tertiary/aromatic N) is 1. The van der Waals surface area contributed by atoms with Crippen LogP contribution in [-0.4, -0.2) is 43.2 Å². The second-order valence-electron chi connectivity index (χ2n) is 6.71. The molecule has 5 heteroatoms. The van der Waals surface area contributed by atoms with Crippen LogP contribution in [0.25, 0.3) is 0 Å². The number of allylic oxidation sites excluding steroid dienone is 1. The van der Waals surface area contributed by atoms with E-state index in [0.29, 0.717) is 13.2 Å². The molecule has 3 aliphatic rings. The van der Waals surface area contributed by atoms with Gasteiger partial charge < -0.3 is 19.7 Å². The number of benzene rings is 1. The summed E-state index contributed by atoms with van der Waals surface area (Å²) in [5.74, 6) is 1.84. The van der Waals surface area contributed by atoms with Gasteiger partial charge in [-0.15, -0.1) is 0 Å². The smallest absolute Gasteiger partial charge is 0.249 e. The third-order valence-corrected chi connectivity index (χ3v) is 4.94. The SMILES string of the molecule is O=C(C1=CCCC1)N1CCC[C@@H](Nc2ccc3c(c2)OCCO3)C1. The Morgan fingerprint density at radius 1 is 1.17 bits per heavy atom. The summed E-state index contributed by atoms with van der Waals surface area (Å²) in [6.07, 6.45) is 7.34. The van der Waals surface area contributed by atoms with Crippen LogP contribution in [0.5, 0.6) is 11.5 Å². The molecule has 24 heavy (non-hydrogen) atoms. The highest BCUT2D eigenvalue weighted by molar-refractivity contribution is 5.93. The van der Waals surface area contributed by atoms with Gasteiger partial charge in [-0.05, 0) is 44.2 Å². The summed E-state index contributed by atoms with van der Waals surface area (Å²) in [6, 6.07) is 6.25. The van der Waals surface area contributed by atoms with Gasteiger partial charge >= 0.3 is 0 Å². The number of fused-ring (bicyclic) bond motifs is 1. The minimum absolute atomic E-state index is 0.237. The predicted octanol–water partition coefficient (Wildman–Crippen LogP) is 2.97. The largest absolute Gasteiger partial charge is 0.486 e. The number of piperidine rings is 1. The van der Waals surface area contributed by atoms with Crippen LogP contribution in [0.3, 0.4) is 0 Å². The molecular weight excluding hydrogens is 304 g/mol. The van der Waals surface area contributed by atoms with E-state index in [4.69, 9.17) is 9.47 Å². The normalized spacial score (nSPS) is 22.9. The van der Waals surface area contributed by atoms with Gasteiger partial charge in [0.25, 0.3) is 0 Å². The van der Waals surface area contributed by atoms with E-state index in [1.165, 1.54) is 0 Å². The molecule has 0 spiro atoms. The molecule has 2 heterocycles. The van der Waals surface area contributed by atoms with Gasteiger partial charge in [0.05, 0.1) is 0 Å². The molecule has 128 valence electrons. The van der Waals surface area contributed by atoms with Crippen LogP contribution in [-0.2, 0) is 4.79 Å². The zero-order valence-electron chi connectivity index (χ0n) is 13.9. The molecule has 1 aromatic carbocycles. The van der Waals surface area contributed by atoms with Crippen LogP contribution in [0.15, 0.2) is 29.8 Å². The number of likely N-dealkylation sites (tertiary alicyclic amines) is 1. The van der Waals surface area contributed by atoms with Crippen molar-refractivity contribution in [2.75, 3.05) is 31.6 Å². The van der Waals surface area contributed by atoms with Crippen molar-refractivity contribution in [1.82, 2.24) is 4.90 Å². The van der Waals surface area contributed by atoms with Crippen LogP contribution in [0, 0.1) is 0 Å². The number of ether oxygens (including phenoxy) is 2. The Labute approximate surface area is 142 Å². The van der Waals surface area contributed by atoms with Gasteiger partial charge in [-0.25, -0.2) is 0 Å². The Bertz CT molecular complexity index is 656. The number of amides is 1. The van der Waals surface area contributed by atoms with E-state index in [1.54, 1.807) is 0 Å². The maximum atomic E-state index is 12.6. The number of carbonyl (C=O) groups is 1. The van der Waals surface area contributed by atoms with Crippen LogP contribution >= 0.6 is 0 Å². The Hall–Kier alpha value is -2.17. The zero-order chi connectivity index (χ0) is 16.4. The van der Waals surface area contributed by atoms with Crippen LogP contribution in [0.1, 0.15) is 32.1 Å². The zero-order valence-corrected chi connectivity index (χ0v) is 13.9. The van der Waals surface area contributed by atoms with Crippen LogP contribution in [0.4, 0.5) is 5.69 Å². The molecule has 2 aliphatic heterocycles. The number of rotatable bonds is 3. The van der Waals surface area contributed by atoms with Crippen molar-refractivity contribution < 1.29 is 14.3 Å². The molecule has 1 aromatic rings. The third-order valence-electron chi connectivity index (χ3n) is 4.94. The van der Waals surface area contributed by atoms with Crippen molar-refractivity contribution in [2.45, 2.75) is 38.1 Å². The third kappa shape index (κ3) is 3.21. The Balaban J connectivity index is 1.40. The standard InChI is InChI=1S/C19H24N2O3/c22-19(14-4-1-2-5-14)21-9-3-6-16(13-21)20-15-7-8-17-18(12-15)24-11-10-23-17/h4,7-8,12,16,20H,1-3,5-6,9-11,13H2/t16-/m1/s1. The Kier molecular flexibility index (Phi) is 4.32. The van der Waals surface area contributed by atoms with Gasteiger partial charge in [-0.2, -0.15) is 0 Å². The van der Waals surface area contributed by atoms with E-state index in [1.807, 2.05) is 23.1 Å². The van der Waals surface area contributed by atoms with Crippen LogP contribution in [0.2, 0.25) is 0 Å². The topological polar surface area (TPSA) is 50.8 Å². The van der Waals surface area contributed by atoms with Gasteiger partial charge in [0.1, 0.15) is 13.2 Å². The summed E-state index contributed by atoms with van der Waals surface area (Å²) >= 11 is 0. The second-order valence-corrected chi connectivity index (χ2v) is 6.71. The number of hydrogen-bond donors (Lipinski definition) is 1. The molecular formula is C19H24N2O3. The van der Waals surface area contributed by atoms with Gasteiger partial charge in [0.2, 0.25) is 5.91 Å². The fourth-order valence-electron chi connectivity index (χ4n) is 3.72. The molecule has 5 nitrogen and oxygen atoms in total. The van der Waals surface area contributed by atoms with E-state index >= 15 is 0 Å². The summed E-state index contributed by atoms with van der Waals surface area (Å²) < 4.78 is 11.2. The lowest BCUT2D eigenvalue weighted by Gasteiger charge is -2.34. The molecule has 0 aromatic heterocycles. The fourth-order valence-corrected chi connectivity index (χ4v) is 3.72. The monoisotopic (exact) mass is 328 g/mol. The lowest BCUT2D eigenvalue weighted by molar-refractivity contribution is -0.128. The van der Waals surface area contributed by atoms with E-state index in [2.05, 4.69) is 11.4 Å². The highest BCUT2D eigenvalue weighted by atomic mass is 16.6. The number of nitrogens with one attached hydrogen (secondary N) is 1. The van der Waals surface area contributed by atoms with Gasteiger partial charge in [-0.1, -0.05) is 6.08 Å². The molecule has 1 N–H and O–H groups in total. The van der Waals surface area contributed by atoms with Gasteiger partial charge in [0.15, 0.2) is 11.5 Å². The summed E-state index contributed by atoms with van der Waals surface area (Å²) in [6.45, 7) is 2.84. The van der Waals surface area contributed by atoms with Crippen molar-refractivity contribution in [2.24, 2.45) is 0 Å². The van der Waals surface area contributed by atoms with E-state index < -0.39 is 0 Å². The van der Waals surface area contributed by atoms with E-state index in [0.717, 1.165) is 68.0 Å². The number of carbonyl (C=O) groups excluding carboxylic acids is 1. The fraction of sp³-hybridized carbons (Fsp3) is 0.526. The minimum Gasteiger partial charge on any atom is -0.486 e. The average Bonchev–Trinajstić information content (AvgIpc) is 3.16. The summed E-state index contributed by atoms with van der Waals surface area (Å²) in [7, 11) is 0. The van der Waals surface area contributed by atoms with E-state index in [9.17, 15) is 4.79 Å². The molecule has 0 bridgehead atoms. The summed E-state index contributed by atoms with van der Waals surface area (Å²) in [4.78, 5) is 14.6. The van der Waals surface area contributed by atoms with Gasteiger partial charge in [0, 0.05) is 36.5 Å². The molecule has 1 amide bonds. The first-order chi connectivity index (χ1) is 11.8. The molecule has 1 aliphatic carbocycles. The molecule has 0 unspecified atom stereocenters. The van der Waals surface area contributed by atoms with Crippen LogP contribution < -0.4 is 14.8 Å². The predicted molar refractivity (Wildman–Crippen MR) is 92.6 cm³/mol. The first kappa shape index (κ1) is 15.4. The highest BCUT2D eigenvalue weighted by Crippen LogP contribution is 2.33.